The van der Waals surface area contributed by atoms with Crippen molar-refractivity contribution in [1.82, 2.24) is 10.4 Å². The second-order valence-corrected chi connectivity index (χ2v) is 11.6. The number of hydrogen-bond acceptors (Lipinski definition) is 7. The lowest BCUT2D eigenvalue weighted by Crippen LogP contribution is -2.19. The van der Waals surface area contributed by atoms with Crippen LogP contribution in [0, 0.1) is 0 Å². The highest BCUT2D eigenvalue weighted by Gasteiger charge is 2.34. The molecule has 2 N–H and O–H groups in total. The molecule has 1 amide bonds. The van der Waals surface area contributed by atoms with Crippen LogP contribution in [0.1, 0.15) is 38.9 Å². The Labute approximate surface area is 282 Å². The molecule has 0 fully saturated rings. The molecule has 14 heteroatoms. The van der Waals surface area contributed by atoms with Crippen molar-refractivity contribution >= 4 is 66.8 Å². The Morgan fingerprint density at radius 3 is 2.34 bits per heavy atom. The van der Waals surface area contributed by atoms with Gasteiger partial charge in [0.1, 0.15) is 5.69 Å². The molecule has 0 aliphatic rings. The Hall–Kier alpha value is -4.95. The number of nitrogens with one attached hydrogen (secondary N) is 2. The average molecular weight is 773 g/mol. The summed E-state index contributed by atoms with van der Waals surface area (Å²) in [5.74, 6) is -1.87. The molecule has 0 saturated carbocycles. The molecular weight excluding hydrogens is 751 g/mol. The zero-order valence-corrected chi connectivity index (χ0v) is 27.5. The Balaban J connectivity index is 1.45. The van der Waals surface area contributed by atoms with Crippen molar-refractivity contribution in [1.29, 1.82) is 0 Å². The molecule has 0 bridgehead atoms. The number of para-hydroxylation sites is 1. The number of rotatable bonds is 8. The Bertz CT molecular complexity index is 2050. The molecule has 5 rings (SSSR count). The SMILES string of the molecule is COc1cc(C(=O)Oc2c(Br)cc(Br)cc2C=NNC(=O)c2[nH]c3c(C(F)(F)F)cccc3c2-c2ccccc2)ccc1OC(C)=O. The highest BCUT2D eigenvalue weighted by atomic mass is 79.9. The molecule has 0 atom stereocenters. The largest absolute Gasteiger partial charge is 0.493 e. The lowest BCUT2D eigenvalue weighted by atomic mass is 10.0. The van der Waals surface area contributed by atoms with Crippen LogP contribution in [-0.2, 0) is 11.0 Å². The van der Waals surface area contributed by atoms with Crippen molar-refractivity contribution in [3.05, 3.63) is 110 Å². The molecule has 9 nitrogen and oxygen atoms in total. The van der Waals surface area contributed by atoms with Crippen molar-refractivity contribution in [3.63, 3.8) is 0 Å². The zero-order valence-electron chi connectivity index (χ0n) is 24.4. The van der Waals surface area contributed by atoms with Crippen LogP contribution in [0.15, 0.2) is 92.9 Å². The van der Waals surface area contributed by atoms with Crippen LogP contribution in [0.3, 0.4) is 0 Å². The van der Waals surface area contributed by atoms with Gasteiger partial charge in [-0.05, 0) is 57.9 Å². The predicted octanol–water partition coefficient (Wildman–Crippen LogP) is 8.30. The van der Waals surface area contributed by atoms with Crippen molar-refractivity contribution in [2.45, 2.75) is 13.1 Å². The smallest absolute Gasteiger partial charge is 0.418 e. The maximum atomic E-state index is 13.8. The van der Waals surface area contributed by atoms with Gasteiger partial charge >= 0.3 is 18.1 Å². The van der Waals surface area contributed by atoms with E-state index in [4.69, 9.17) is 14.2 Å². The maximum absolute atomic E-state index is 13.8. The van der Waals surface area contributed by atoms with Crippen molar-refractivity contribution in [3.8, 4) is 28.4 Å². The molecule has 0 radical (unpaired) electrons. The number of methoxy groups -OCH3 is 1. The molecule has 0 spiro atoms. The number of aromatic nitrogens is 1. The summed E-state index contributed by atoms with van der Waals surface area (Å²) < 4.78 is 58.4. The summed E-state index contributed by atoms with van der Waals surface area (Å²) in [6, 6.07) is 19.6. The minimum Gasteiger partial charge on any atom is -0.493 e. The first-order chi connectivity index (χ1) is 22.4. The summed E-state index contributed by atoms with van der Waals surface area (Å²) in [4.78, 5) is 40.5. The summed E-state index contributed by atoms with van der Waals surface area (Å²) in [5.41, 5.74) is 2.19. The van der Waals surface area contributed by atoms with Crippen LogP contribution >= 0.6 is 31.9 Å². The molecule has 47 heavy (non-hydrogen) atoms. The topological polar surface area (TPSA) is 119 Å². The molecule has 0 unspecified atom stereocenters. The molecule has 1 heterocycles. The fraction of sp³-hybridized carbons (Fsp3) is 0.0909. The van der Waals surface area contributed by atoms with Gasteiger partial charge in [-0.2, -0.15) is 18.3 Å². The number of nitrogens with zero attached hydrogens (tertiary/aromatic N) is 1. The number of aromatic amines is 1. The van der Waals surface area contributed by atoms with Gasteiger partial charge in [0.25, 0.3) is 5.91 Å². The molecule has 240 valence electrons. The second-order valence-electron chi connectivity index (χ2n) is 9.82. The van der Waals surface area contributed by atoms with E-state index in [1.54, 1.807) is 42.5 Å². The number of fused-ring (bicyclic) bond motifs is 1. The number of H-pyrrole nitrogens is 1. The van der Waals surface area contributed by atoms with E-state index >= 15 is 0 Å². The number of amides is 1. The molecule has 0 aliphatic heterocycles. The van der Waals surface area contributed by atoms with Gasteiger partial charge in [0.15, 0.2) is 17.2 Å². The quantitative estimate of drug-likeness (QED) is 0.0709. The lowest BCUT2D eigenvalue weighted by molar-refractivity contribution is -0.136. The van der Waals surface area contributed by atoms with Crippen LogP contribution in [-0.4, -0.2) is 36.2 Å². The molecule has 0 aliphatic carbocycles. The third-order valence-electron chi connectivity index (χ3n) is 6.68. The molecule has 1 aromatic heterocycles. The first kappa shape index (κ1) is 33.4. The number of carbonyl (C=O) groups is 3. The van der Waals surface area contributed by atoms with Gasteiger partial charge in [0, 0.05) is 27.9 Å². The number of hydrazone groups is 1. The summed E-state index contributed by atoms with van der Waals surface area (Å²) in [7, 11) is 1.35. The van der Waals surface area contributed by atoms with Gasteiger partial charge in [-0.3, -0.25) is 9.59 Å². The fourth-order valence-corrected chi connectivity index (χ4v) is 6.05. The van der Waals surface area contributed by atoms with Crippen molar-refractivity contribution in [2.75, 3.05) is 7.11 Å². The summed E-state index contributed by atoms with van der Waals surface area (Å²) in [6.07, 6.45) is -3.45. The van der Waals surface area contributed by atoms with Gasteiger partial charge in [-0.15, -0.1) is 0 Å². The lowest BCUT2D eigenvalue weighted by Gasteiger charge is -2.12. The van der Waals surface area contributed by atoms with E-state index in [1.165, 1.54) is 50.6 Å². The van der Waals surface area contributed by atoms with Crippen molar-refractivity contribution < 1.29 is 41.8 Å². The normalized spacial score (nSPS) is 11.5. The van der Waals surface area contributed by atoms with E-state index in [1.807, 2.05) is 0 Å². The van der Waals surface area contributed by atoms with Crippen LogP contribution in [0.2, 0.25) is 0 Å². The predicted molar refractivity (Wildman–Crippen MR) is 175 cm³/mol. The summed E-state index contributed by atoms with van der Waals surface area (Å²) >= 11 is 6.73. The zero-order chi connectivity index (χ0) is 33.9. The van der Waals surface area contributed by atoms with Crippen LogP contribution in [0.4, 0.5) is 13.2 Å². The number of alkyl halides is 3. The Morgan fingerprint density at radius 2 is 1.66 bits per heavy atom. The minimum absolute atomic E-state index is 0.0460. The van der Waals surface area contributed by atoms with Gasteiger partial charge in [0.2, 0.25) is 0 Å². The summed E-state index contributed by atoms with van der Waals surface area (Å²) in [6.45, 7) is 1.23. The number of hydrogen-bond donors (Lipinski definition) is 2. The standard InChI is InChI=1S/C33H22Br2F3N3O6/c1-17(42)46-25-12-11-19(14-26(25)45-2)32(44)47-30-20(13-21(34)15-24(30)35)16-39-41-31(43)29-27(18-7-4-3-5-8-18)22-9-6-10-23(28(22)40-29)33(36,37)38/h3-16,40H,1-2H3,(H,41,43). The molecule has 5 aromatic rings. The van der Waals surface area contributed by atoms with Gasteiger partial charge in [-0.1, -0.05) is 58.4 Å². The van der Waals surface area contributed by atoms with E-state index in [0.29, 0.717) is 14.5 Å². The van der Waals surface area contributed by atoms with E-state index < -0.39 is 29.6 Å². The summed E-state index contributed by atoms with van der Waals surface area (Å²) in [5, 5.41) is 4.23. The first-order valence-corrected chi connectivity index (χ1v) is 15.1. The van der Waals surface area contributed by atoms with Crippen LogP contribution in [0.5, 0.6) is 17.2 Å². The molecule has 4 aromatic carbocycles. The number of benzene rings is 4. The van der Waals surface area contributed by atoms with Gasteiger partial charge in [0.05, 0.1) is 34.4 Å². The number of ether oxygens (including phenoxy) is 3. The number of halogens is 5. The van der Waals surface area contributed by atoms with E-state index in [0.717, 1.165) is 6.07 Å². The van der Waals surface area contributed by atoms with E-state index in [2.05, 4.69) is 47.4 Å². The Kier molecular flexibility index (Phi) is 9.82. The molecular formula is C33H22Br2F3N3O6. The van der Waals surface area contributed by atoms with Gasteiger partial charge in [-0.25, -0.2) is 10.2 Å². The van der Waals surface area contributed by atoms with E-state index in [9.17, 15) is 27.6 Å². The maximum Gasteiger partial charge on any atom is 0.418 e. The third-order valence-corrected chi connectivity index (χ3v) is 7.73. The van der Waals surface area contributed by atoms with Crippen LogP contribution in [0.25, 0.3) is 22.0 Å². The Morgan fingerprint density at radius 1 is 0.915 bits per heavy atom. The molecule has 0 saturated heterocycles. The van der Waals surface area contributed by atoms with Crippen LogP contribution < -0.4 is 19.6 Å². The highest BCUT2D eigenvalue weighted by molar-refractivity contribution is 9.11. The van der Waals surface area contributed by atoms with Crippen molar-refractivity contribution in [2.24, 2.45) is 5.10 Å². The number of esters is 2. The second kappa shape index (κ2) is 13.8. The average Bonchev–Trinajstić information content (AvgIpc) is 3.42. The highest BCUT2D eigenvalue weighted by Crippen LogP contribution is 2.40. The first-order valence-electron chi connectivity index (χ1n) is 13.6. The number of carbonyl (C=O) groups excluding carboxylic acids is 3. The van der Waals surface area contributed by atoms with E-state index in [-0.39, 0.29) is 50.5 Å². The minimum atomic E-state index is -4.67. The third kappa shape index (κ3) is 7.39. The monoisotopic (exact) mass is 771 g/mol. The van der Waals surface area contributed by atoms with Gasteiger partial charge < -0.3 is 19.2 Å². The fourth-order valence-electron chi connectivity index (χ4n) is 4.71.